The van der Waals surface area contributed by atoms with E-state index in [1.807, 2.05) is 24.3 Å². The summed E-state index contributed by atoms with van der Waals surface area (Å²) in [4.78, 5) is 12.4. The monoisotopic (exact) mass is 311 g/mol. The molecule has 0 aliphatic carbocycles. The largest absolute Gasteiger partial charge is 0.352 e. The Morgan fingerprint density at radius 3 is 2.33 bits per heavy atom. The van der Waals surface area contributed by atoms with Crippen molar-refractivity contribution in [1.29, 1.82) is 0 Å². The molecule has 1 rings (SSSR count). The Hall–Kier alpha value is -0.830. The third kappa shape index (κ3) is 5.21. The summed E-state index contributed by atoms with van der Waals surface area (Å²) in [5.74, 6) is 0.523. The van der Waals surface area contributed by atoms with Gasteiger partial charge in [-0.05, 0) is 36.5 Å². The number of nitrogens with one attached hydrogen (secondary N) is 1. The lowest BCUT2D eigenvalue weighted by Gasteiger charge is -2.08. The highest BCUT2D eigenvalue weighted by atomic mass is 79.9. The summed E-state index contributed by atoms with van der Waals surface area (Å²) in [7, 11) is 0. The summed E-state index contributed by atoms with van der Waals surface area (Å²) in [6, 6.07) is 7.86. The second-order valence-electron chi connectivity index (χ2n) is 4.96. The minimum Gasteiger partial charge on any atom is -0.352 e. The Balaban J connectivity index is 2.42. The molecule has 3 heteroatoms. The number of hydrogen-bond acceptors (Lipinski definition) is 1. The van der Waals surface area contributed by atoms with Crippen molar-refractivity contribution in [3.8, 4) is 0 Å². The minimum absolute atomic E-state index is 0.0209. The average molecular weight is 312 g/mol. The van der Waals surface area contributed by atoms with Crippen LogP contribution in [0.2, 0.25) is 0 Å². The molecule has 1 unspecified atom stereocenters. The summed E-state index contributed by atoms with van der Waals surface area (Å²) >= 11 is 3.50. The van der Waals surface area contributed by atoms with Crippen LogP contribution in [0.1, 0.15) is 55.5 Å². The number of benzene rings is 1. The van der Waals surface area contributed by atoms with Crippen LogP contribution in [0, 0.1) is 0 Å². The van der Waals surface area contributed by atoms with E-state index >= 15 is 0 Å². The Morgan fingerprint density at radius 1 is 1.22 bits per heavy atom. The Kier molecular flexibility index (Phi) is 6.41. The third-order valence-corrected chi connectivity index (χ3v) is 3.36. The van der Waals surface area contributed by atoms with E-state index in [0.29, 0.717) is 10.7 Å². The number of halogens is 1. The number of rotatable bonds is 6. The summed E-state index contributed by atoms with van der Waals surface area (Å²) in [5, 5.41) is 2.94. The highest BCUT2D eigenvalue weighted by molar-refractivity contribution is 9.09. The molecule has 1 aromatic carbocycles. The quantitative estimate of drug-likeness (QED) is 0.622. The van der Waals surface area contributed by atoms with E-state index in [0.717, 1.165) is 24.9 Å². The van der Waals surface area contributed by atoms with Crippen LogP contribution in [0.15, 0.2) is 24.3 Å². The van der Waals surface area contributed by atoms with Crippen molar-refractivity contribution in [2.45, 2.75) is 44.4 Å². The summed E-state index contributed by atoms with van der Waals surface area (Å²) in [6.45, 7) is 7.15. The third-order valence-electron chi connectivity index (χ3n) is 2.90. The molecule has 18 heavy (non-hydrogen) atoms. The van der Waals surface area contributed by atoms with Crippen LogP contribution < -0.4 is 5.32 Å². The van der Waals surface area contributed by atoms with Crippen LogP contribution in [0.25, 0.3) is 0 Å². The fraction of sp³-hybridized carbons (Fsp3) is 0.533. The average Bonchev–Trinajstić information content (AvgIpc) is 2.34. The summed E-state index contributed by atoms with van der Waals surface area (Å²) in [6.07, 6.45) is 2.08. The zero-order valence-corrected chi connectivity index (χ0v) is 13.0. The van der Waals surface area contributed by atoms with Crippen molar-refractivity contribution in [1.82, 2.24) is 5.32 Å². The topological polar surface area (TPSA) is 29.1 Å². The molecule has 0 aliphatic heterocycles. The molecule has 0 saturated carbocycles. The Morgan fingerprint density at radius 2 is 1.83 bits per heavy atom. The van der Waals surface area contributed by atoms with E-state index in [1.165, 1.54) is 5.56 Å². The molecule has 0 fully saturated rings. The van der Waals surface area contributed by atoms with E-state index in [2.05, 4.69) is 42.0 Å². The second-order valence-corrected chi connectivity index (χ2v) is 6.52. The predicted octanol–water partition coefficient (Wildman–Crippen LogP) is 4.10. The molecular weight excluding hydrogens is 290 g/mol. The normalized spacial score (nSPS) is 12.5. The molecule has 2 nitrogen and oxygen atoms in total. The molecule has 1 aromatic rings. The highest BCUT2D eigenvalue weighted by Gasteiger charge is 2.06. The first-order chi connectivity index (χ1) is 8.50. The Labute approximate surface area is 118 Å². The zero-order chi connectivity index (χ0) is 13.5. The van der Waals surface area contributed by atoms with Crippen molar-refractivity contribution < 1.29 is 4.79 Å². The lowest BCUT2D eigenvalue weighted by atomic mass is 10.0. The molecule has 0 heterocycles. The summed E-state index contributed by atoms with van der Waals surface area (Å²) in [5.41, 5.74) is 2.01. The van der Waals surface area contributed by atoms with Crippen LogP contribution in [-0.4, -0.2) is 17.3 Å². The lowest BCUT2D eigenvalue weighted by Crippen LogP contribution is -2.24. The molecule has 0 radical (unpaired) electrons. The molecule has 100 valence electrons. The van der Waals surface area contributed by atoms with Gasteiger partial charge in [0.25, 0.3) is 5.91 Å². The number of hydrogen-bond donors (Lipinski definition) is 1. The molecule has 0 bridgehead atoms. The standard InChI is InChI=1S/C15H22BrNO/c1-11(2)13-6-8-14(9-7-13)15(18)17-10-4-5-12(3)16/h6-9,11-12H,4-5,10H2,1-3H3,(H,17,18). The maximum atomic E-state index is 11.8. The van der Waals surface area contributed by atoms with Crippen molar-refractivity contribution in [2.24, 2.45) is 0 Å². The van der Waals surface area contributed by atoms with Crippen LogP contribution >= 0.6 is 15.9 Å². The first-order valence-corrected chi connectivity index (χ1v) is 7.44. The van der Waals surface area contributed by atoms with Crippen molar-refractivity contribution in [3.05, 3.63) is 35.4 Å². The smallest absolute Gasteiger partial charge is 0.251 e. The van der Waals surface area contributed by atoms with E-state index in [-0.39, 0.29) is 5.91 Å². The first kappa shape index (κ1) is 15.2. The molecule has 0 spiro atoms. The van der Waals surface area contributed by atoms with Gasteiger partial charge in [0.15, 0.2) is 0 Å². The second kappa shape index (κ2) is 7.57. The number of alkyl halides is 1. The van der Waals surface area contributed by atoms with Gasteiger partial charge in [-0.3, -0.25) is 4.79 Å². The SMILES string of the molecule is CC(Br)CCCNC(=O)c1ccc(C(C)C)cc1. The van der Waals surface area contributed by atoms with Gasteiger partial charge in [-0.1, -0.05) is 48.8 Å². The molecule has 1 N–H and O–H groups in total. The van der Waals surface area contributed by atoms with Crippen LogP contribution in [0.3, 0.4) is 0 Å². The van der Waals surface area contributed by atoms with Crippen LogP contribution in [0.5, 0.6) is 0 Å². The van der Waals surface area contributed by atoms with Crippen molar-refractivity contribution in [3.63, 3.8) is 0 Å². The minimum atomic E-state index is 0.0209. The van der Waals surface area contributed by atoms with Gasteiger partial charge in [-0.2, -0.15) is 0 Å². The van der Waals surface area contributed by atoms with Gasteiger partial charge in [-0.25, -0.2) is 0 Å². The summed E-state index contributed by atoms with van der Waals surface area (Å²) < 4.78 is 0. The van der Waals surface area contributed by atoms with E-state index in [9.17, 15) is 4.79 Å². The van der Waals surface area contributed by atoms with Gasteiger partial charge in [0, 0.05) is 16.9 Å². The van der Waals surface area contributed by atoms with Gasteiger partial charge in [-0.15, -0.1) is 0 Å². The molecule has 1 atom stereocenters. The molecular formula is C15H22BrNO. The number of carbonyl (C=O) groups is 1. The first-order valence-electron chi connectivity index (χ1n) is 6.53. The van der Waals surface area contributed by atoms with Crippen molar-refractivity contribution in [2.75, 3.05) is 6.54 Å². The lowest BCUT2D eigenvalue weighted by molar-refractivity contribution is 0.0953. The van der Waals surface area contributed by atoms with Gasteiger partial charge < -0.3 is 5.32 Å². The molecule has 1 amide bonds. The van der Waals surface area contributed by atoms with Gasteiger partial charge in [0.1, 0.15) is 0 Å². The fourth-order valence-electron chi connectivity index (χ4n) is 1.71. The molecule has 0 aliphatic rings. The predicted molar refractivity (Wildman–Crippen MR) is 80.5 cm³/mol. The molecule has 0 aromatic heterocycles. The Bertz CT molecular complexity index is 371. The van der Waals surface area contributed by atoms with E-state index in [1.54, 1.807) is 0 Å². The molecule has 0 saturated heterocycles. The van der Waals surface area contributed by atoms with Gasteiger partial charge in [0.05, 0.1) is 0 Å². The van der Waals surface area contributed by atoms with Gasteiger partial charge >= 0.3 is 0 Å². The van der Waals surface area contributed by atoms with E-state index in [4.69, 9.17) is 0 Å². The number of amides is 1. The fourth-order valence-corrected chi connectivity index (χ4v) is 2.03. The van der Waals surface area contributed by atoms with Crippen molar-refractivity contribution >= 4 is 21.8 Å². The van der Waals surface area contributed by atoms with E-state index < -0.39 is 0 Å². The van der Waals surface area contributed by atoms with Crippen LogP contribution in [0.4, 0.5) is 0 Å². The van der Waals surface area contributed by atoms with Gasteiger partial charge in [0.2, 0.25) is 0 Å². The maximum absolute atomic E-state index is 11.8. The van der Waals surface area contributed by atoms with Crippen LogP contribution in [-0.2, 0) is 0 Å². The maximum Gasteiger partial charge on any atom is 0.251 e. The zero-order valence-electron chi connectivity index (χ0n) is 11.4. The highest BCUT2D eigenvalue weighted by Crippen LogP contribution is 2.14. The number of carbonyl (C=O) groups excluding carboxylic acids is 1.